The van der Waals surface area contributed by atoms with Crippen LogP contribution in [0.2, 0.25) is 0 Å². The Labute approximate surface area is 243 Å². The fourth-order valence-corrected chi connectivity index (χ4v) is 4.27. The molecule has 222 valence electrons. The Kier molecular flexibility index (Phi) is 11.6. The highest BCUT2D eigenvalue weighted by Gasteiger charge is 2.23. The first-order valence-electron chi connectivity index (χ1n) is 14.2. The molecule has 2 aromatic rings. The Hall–Kier alpha value is -4.08. The second-order valence-corrected chi connectivity index (χ2v) is 11.1. The van der Waals surface area contributed by atoms with Crippen LogP contribution in [0.4, 0.5) is 4.79 Å². The summed E-state index contributed by atoms with van der Waals surface area (Å²) in [5.41, 5.74) is 1.40. The summed E-state index contributed by atoms with van der Waals surface area (Å²) in [4.78, 5) is 16.1. The number of unbranched alkanes of at least 4 members (excludes halogenated alkanes) is 2. The standard InChI is InChI=1S/C31H44N6O4/c1-23(32)24-9-13-26(14-10-24)39-21-7-5-17-36-19-20-37(29(36)34)18-6-8-22-40-27-15-11-25(12-16-27)28(33)35-30(38)41-31(2,3)4/h9-16,32,34H,5-8,17-22H2,1-4H3,(H2,33,35,38). The summed E-state index contributed by atoms with van der Waals surface area (Å²) >= 11 is 0. The molecule has 1 amide bonds. The molecular weight excluding hydrogens is 520 g/mol. The van der Waals surface area contributed by atoms with Gasteiger partial charge in [-0.05, 0) is 107 Å². The summed E-state index contributed by atoms with van der Waals surface area (Å²) in [6.45, 7) is 11.7. The van der Waals surface area contributed by atoms with Gasteiger partial charge in [0.25, 0.3) is 0 Å². The third-order valence-corrected chi connectivity index (χ3v) is 6.48. The summed E-state index contributed by atoms with van der Waals surface area (Å²) in [6.07, 6.45) is 3.05. The van der Waals surface area contributed by atoms with Crippen molar-refractivity contribution < 1.29 is 19.0 Å². The zero-order valence-electron chi connectivity index (χ0n) is 24.7. The minimum absolute atomic E-state index is 0.0257. The molecule has 10 nitrogen and oxygen atoms in total. The van der Waals surface area contributed by atoms with Gasteiger partial charge in [0, 0.05) is 37.5 Å². The molecule has 3 rings (SSSR count). The highest BCUT2D eigenvalue weighted by molar-refractivity contribution is 6.04. The Morgan fingerprint density at radius 2 is 1.27 bits per heavy atom. The third-order valence-electron chi connectivity index (χ3n) is 6.48. The van der Waals surface area contributed by atoms with Crippen molar-refractivity contribution >= 4 is 23.6 Å². The average Bonchev–Trinajstić information content (AvgIpc) is 3.26. The van der Waals surface area contributed by atoms with Crippen LogP contribution >= 0.6 is 0 Å². The SMILES string of the molecule is CC(=N)c1ccc(OCCCCN2CCN(CCCCOc3ccc(C(=N)NC(=O)OC(C)(C)C)cc3)C2=N)cc1. The predicted octanol–water partition coefficient (Wildman–Crippen LogP) is 5.50. The van der Waals surface area contributed by atoms with Gasteiger partial charge in [-0.1, -0.05) is 0 Å². The number of alkyl carbamates (subject to hydrolysis) is 1. The number of guanidine groups is 1. The van der Waals surface area contributed by atoms with E-state index in [4.69, 9.17) is 30.4 Å². The van der Waals surface area contributed by atoms with Crippen LogP contribution in [-0.4, -0.2) is 78.4 Å². The molecule has 0 bridgehead atoms. The van der Waals surface area contributed by atoms with Gasteiger partial charge in [0.2, 0.25) is 0 Å². The fourth-order valence-electron chi connectivity index (χ4n) is 4.27. The first-order valence-corrected chi connectivity index (χ1v) is 14.2. The molecular formula is C31H44N6O4. The number of hydrogen-bond acceptors (Lipinski definition) is 7. The van der Waals surface area contributed by atoms with Gasteiger partial charge in [0.1, 0.15) is 22.9 Å². The molecule has 0 aromatic heterocycles. The van der Waals surface area contributed by atoms with E-state index in [0.717, 1.165) is 63.2 Å². The van der Waals surface area contributed by atoms with Gasteiger partial charge >= 0.3 is 6.09 Å². The van der Waals surface area contributed by atoms with Gasteiger partial charge in [0.05, 0.1) is 13.2 Å². The molecule has 4 N–H and O–H groups in total. The second-order valence-electron chi connectivity index (χ2n) is 11.1. The number of benzene rings is 2. The number of rotatable bonds is 14. The molecule has 41 heavy (non-hydrogen) atoms. The van der Waals surface area contributed by atoms with Crippen molar-refractivity contribution in [2.45, 2.75) is 59.0 Å². The van der Waals surface area contributed by atoms with Crippen molar-refractivity contribution in [1.29, 1.82) is 16.2 Å². The summed E-state index contributed by atoms with van der Waals surface area (Å²) < 4.78 is 16.8. The van der Waals surface area contributed by atoms with Crippen molar-refractivity contribution in [3.8, 4) is 11.5 Å². The number of hydrogen-bond donors (Lipinski definition) is 4. The van der Waals surface area contributed by atoms with Crippen LogP contribution in [0.1, 0.15) is 64.5 Å². The van der Waals surface area contributed by atoms with Crippen molar-refractivity contribution in [1.82, 2.24) is 15.1 Å². The molecule has 1 aliphatic rings. The van der Waals surface area contributed by atoms with Crippen LogP contribution in [0.5, 0.6) is 11.5 Å². The average molecular weight is 565 g/mol. The van der Waals surface area contributed by atoms with E-state index in [-0.39, 0.29) is 5.84 Å². The molecule has 0 spiro atoms. The van der Waals surface area contributed by atoms with Crippen LogP contribution in [0.25, 0.3) is 0 Å². The number of amides is 1. The van der Waals surface area contributed by atoms with Crippen molar-refractivity contribution in [2.75, 3.05) is 39.4 Å². The van der Waals surface area contributed by atoms with Gasteiger partial charge in [-0.3, -0.25) is 16.1 Å². The lowest BCUT2D eigenvalue weighted by Crippen LogP contribution is -2.36. The maximum Gasteiger partial charge on any atom is 0.413 e. The molecule has 1 saturated heterocycles. The molecule has 0 aliphatic carbocycles. The third kappa shape index (κ3) is 10.8. The monoisotopic (exact) mass is 564 g/mol. The van der Waals surface area contributed by atoms with E-state index < -0.39 is 11.7 Å². The number of ether oxygens (including phenoxy) is 3. The van der Waals surface area contributed by atoms with E-state index >= 15 is 0 Å². The maximum atomic E-state index is 11.9. The minimum atomic E-state index is -0.653. The largest absolute Gasteiger partial charge is 0.494 e. The first-order chi connectivity index (χ1) is 19.5. The normalized spacial score (nSPS) is 13.2. The zero-order chi connectivity index (χ0) is 29.8. The maximum absolute atomic E-state index is 11.9. The second kappa shape index (κ2) is 15.1. The Bertz CT molecular complexity index is 1170. The lowest BCUT2D eigenvalue weighted by atomic mass is 10.1. The summed E-state index contributed by atoms with van der Waals surface area (Å²) in [5.74, 6) is 2.11. The number of nitrogens with zero attached hydrogens (tertiary/aromatic N) is 2. The van der Waals surface area contributed by atoms with Crippen LogP contribution in [0.3, 0.4) is 0 Å². The van der Waals surface area contributed by atoms with Crippen molar-refractivity contribution in [3.05, 3.63) is 59.7 Å². The molecule has 2 aromatic carbocycles. The Morgan fingerprint density at radius 1 is 0.805 bits per heavy atom. The van der Waals surface area contributed by atoms with Gasteiger partial charge < -0.3 is 29.4 Å². The molecule has 0 radical (unpaired) electrons. The summed E-state index contributed by atoms with van der Waals surface area (Å²) in [6, 6.07) is 14.7. The molecule has 10 heteroatoms. The fraction of sp³-hybridized carbons (Fsp3) is 0.484. The molecule has 0 atom stereocenters. The first kappa shape index (κ1) is 31.4. The number of nitrogens with one attached hydrogen (secondary N) is 4. The lowest BCUT2D eigenvalue weighted by Gasteiger charge is -2.21. The van der Waals surface area contributed by atoms with Gasteiger partial charge in [-0.2, -0.15) is 0 Å². The van der Waals surface area contributed by atoms with E-state index in [1.54, 1.807) is 52.0 Å². The van der Waals surface area contributed by atoms with Crippen LogP contribution in [0.15, 0.2) is 48.5 Å². The van der Waals surface area contributed by atoms with Gasteiger partial charge in [-0.15, -0.1) is 0 Å². The molecule has 1 aliphatic heterocycles. The Morgan fingerprint density at radius 3 is 1.71 bits per heavy atom. The molecule has 1 fully saturated rings. The van der Waals surface area contributed by atoms with Crippen LogP contribution in [-0.2, 0) is 4.74 Å². The van der Waals surface area contributed by atoms with Crippen molar-refractivity contribution in [2.24, 2.45) is 0 Å². The Balaban J connectivity index is 1.25. The van der Waals surface area contributed by atoms with Gasteiger partial charge in [0.15, 0.2) is 5.96 Å². The van der Waals surface area contributed by atoms with Crippen LogP contribution in [0, 0.1) is 16.2 Å². The zero-order valence-corrected chi connectivity index (χ0v) is 24.7. The minimum Gasteiger partial charge on any atom is -0.494 e. The van der Waals surface area contributed by atoms with E-state index in [1.807, 2.05) is 24.3 Å². The quantitative estimate of drug-likeness (QED) is 0.136. The molecule has 0 saturated carbocycles. The number of amidine groups is 1. The van der Waals surface area contributed by atoms with Crippen molar-refractivity contribution in [3.63, 3.8) is 0 Å². The highest BCUT2D eigenvalue weighted by Crippen LogP contribution is 2.16. The topological polar surface area (TPSA) is 135 Å². The van der Waals surface area contributed by atoms with E-state index in [0.29, 0.717) is 36.2 Å². The lowest BCUT2D eigenvalue weighted by molar-refractivity contribution is 0.0563. The smallest absolute Gasteiger partial charge is 0.413 e. The summed E-state index contributed by atoms with van der Waals surface area (Å²) in [7, 11) is 0. The molecule has 0 unspecified atom stereocenters. The van der Waals surface area contributed by atoms with Crippen LogP contribution < -0.4 is 14.8 Å². The van der Waals surface area contributed by atoms with E-state index in [2.05, 4.69) is 15.1 Å². The molecule has 1 heterocycles. The van der Waals surface area contributed by atoms with E-state index in [9.17, 15) is 4.79 Å². The predicted molar refractivity (Wildman–Crippen MR) is 162 cm³/mol. The van der Waals surface area contributed by atoms with Gasteiger partial charge in [-0.25, -0.2) is 4.79 Å². The highest BCUT2D eigenvalue weighted by atomic mass is 16.6. The number of carbonyl (C=O) groups is 1. The number of carbonyl (C=O) groups excluding carboxylic acids is 1. The summed E-state index contributed by atoms with van der Waals surface area (Å²) in [5, 5.41) is 26.7. The van der Waals surface area contributed by atoms with E-state index in [1.165, 1.54) is 0 Å².